The number of hydrogen-bond donors (Lipinski definition) is 0. The Morgan fingerprint density at radius 3 is 2.10 bits per heavy atom. The van der Waals surface area contributed by atoms with Crippen molar-refractivity contribution in [3.8, 4) is 11.5 Å². The molecule has 4 aromatic rings. The van der Waals surface area contributed by atoms with E-state index in [0.29, 0.717) is 28.2 Å². The molecule has 214 valence electrons. The van der Waals surface area contributed by atoms with Crippen molar-refractivity contribution in [1.29, 1.82) is 0 Å². The summed E-state index contributed by atoms with van der Waals surface area (Å²) in [5.74, 6) is 1.08. The van der Waals surface area contributed by atoms with E-state index in [1.54, 1.807) is 12.0 Å². The molecular weight excluding hydrogens is 608 g/mol. The van der Waals surface area contributed by atoms with Crippen LogP contribution in [0.1, 0.15) is 41.7 Å². The molecule has 4 aromatic carbocycles. The largest absolute Gasteiger partial charge is 0.493 e. The number of nitrogens with zero attached hydrogens (tertiary/aromatic N) is 2. The molecule has 42 heavy (non-hydrogen) atoms. The molecule has 0 spiro atoms. The van der Waals surface area contributed by atoms with Gasteiger partial charge in [-0.15, -0.1) is 0 Å². The van der Waals surface area contributed by atoms with Gasteiger partial charge >= 0.3 is 0 Å². The number of ether oxygens (including phenoxy) is 2. The second-order valence-electron chi connectivity index (χ2n) is 9.98. The molecule has 1 aliphatic heterocycles. The number of hydrogen-bond acceptors (Lipinski definition) is 5. The molecule has 5 rings (SSSR count). The molecule has 0 atom stereocenters. The lowest BCUT2D eigenvalue weighted by Crippen LogP contribution is -2.28. The number of carbonyl (C=O) groups is 1. The van der Waals surface area contributed by atoms with Crippen LogP contribution in [0.3, 0.4) is 0 Å². The van der Waals surface area contributed by atoms with Crippen molar-refractivity contribution in [2.45, 2.75) is 40.2 Å². The van der Waals surface area contributed by atoms with Crippen molar-refractivity contribution in [1.82, 2.24) is 0 Å². The molecule has 0 bridgehead atoms. The summed E-state index contributed by atoms with van der Waals surface area (Å²) in [5, 5.41) is 0.612. The maximum Gasteiger partial charge on any atom is 0.271 e. The van der Waals surface area contributed by atoms with E-state index < -0.39 is 0 Å². The highest BCUT2D eigenvalue weighted by Gasteiger charge is 2.35. The van der Waals surface area contributed by atoms with Gasteiger partial charge in [-0.3, -0.25) is 9.69 Å². The first-order valence-electron chi connectivity index (χ1n) is 13.9. The number of carbonyl (C=O) groups excluding carboxylic acids is 1. The first-order valence-corrected chi connectivity index (χ1v) is 15.6. The van der Waals surface area contributed by atoms with Gasteiger partial charge in [-0.05, 0) is 96.3 Å². The van der Waals surface area contributed by atoms with Crippen LogP contribution in [0.15, 0.2) is 99.3 Å². The molecule has 7 heteroatoms. The van der Waals surface area contributed by atoms with Crippen LogP contribution in [0.25, 0.3) is 6.08 Å². The van der Waals surface area contributed by atoms with E-state index >= 15 is 0 Å². The Kier molecular flexibility index (Phi) is 9.50. The van der Waals surface area contributed by atoms with Crippen LogP contribution >= 0.6 is 27.7 Å². The number of thioether (sulfide) groups is 1. The van der Waals surface area contributed by atoms with Crippen molar-refractivity contribution in [2.24, 2.45) is 4.99 Å². The number of aryl methyl sites for hydroxylation is 3. The Bertz CT molecular complexity index is 1630. The molecule has 0 saturated carbocycles. The predicted molar refractivity (Wildman–Crippen MR) is 178 cm³/mol. The normalized spacial score (nSPS) is 15.1. The Morgan fingerprint density at radius 2 is 1.48 bits per heavy atom. The highest BCUT2D eigenvalue weighted by molar-refractivity contribution is 9.10. The maximum atomic E-state index is 13.9. The number of aliphatic imine (C=N–C) groups is 1. The van der Waals surface area contributed by atoms with Gasteiger partial charge in [0.05, 0.1) is 23.4 Å². The summed E-state index contributed by atoms with van der Waals surface area (Å²) in [7, 11) is 1.62. The third-order valence-electron chi connectivity index (χ3n) is 7.06. The van der Waals surface area contributed by atoms with Gasteiger partial charge in [0.25, 0.3) is 5.91 Å². The van der Waals surface area contributed by atoms with Crippen LogP contribution < -0.4 is 14.4 Å². The van der Waals surface area contributed by atoms with Crippen LogP contribution in [-0.4, -0.2) is 18.2 Å². The molecule has 1 amide bonds. The smallest absolute Gasteiger partial charge is 0.271 e. The second kappa shape index (κ2) is 13.4. The van der Waals surface area contributed by atoms with Crippen LogP contribution in [0.5, 0.6) is 11.5 Å². The van der Waals surface area contributed by atoms with Gasteiger partial charge in [0.2, 0.25) is 0 Å². The maximum absolute atomic E-state index is 13.9. The highest BCUT2D eigenvalue weighted by atomic mass is 79.9. The van der Waals surface area contributed by atoms with Crippen LogP contribution in [0, 0.1) is 6.92 Å². The summed E-state index contributed by atoms with van der Waals surface area (Å²) in [6.45, 7) is 6.72. The predicted octanol–water partition coefficient (Wildman–Crippen LogP) is 9.28. The van der Waals surface area contributed by atoms with Gasteiger partial charge in [-0.1, -0.05) is 83.9 Å². The topological polar surface area (TPSA) is 51.1 Å². The highest BCUT2D eigenvalue weighted by Crippen LogP contribution is 2.40. The summed E-state index contributed by atoms with van der Waals surface area (Å²) < 4.78 is 12.6. The summed E-state index contributed by atoms with van der Waals surface area (Å²) in [4.78, 5) is 21.0. The van der Waals surface area contributed by atoms with Gasteiger partial charge in [-0.25, -0.2) is 4.99 Å². The average Bonchev–Trinajstić information content (AvgIpc) is 3.31. The van der Waals surface area contributed by atoms with Crippen molar-refractivity contribution >= 4 is 56.2 Å². The molecule has 1 aliphatic rings. The zero-order valence-electron chi connectivity index (χ0n) is 24.2. The number of benzene rings is 4. The number of halogens is 1. The first kappa shape index (κ1) is 29.7. The Balaban J connectivity index is 1.47. The van der Waals surface area contributed by atoms with Crippen LogP contribution in [0.4, 0.5) is 11.4 Å². The van der Waals surface area contributed by atoms with Crippen molar-refractivity contribution in [3.63, 3.8) is 0 Å². The standard InChI is InChI=1S/C35H33BrN2O3S/c1-5-24-11-15-28(16-12-24)37-35-38(29-17-13-25(6-2)14-18-29)34(39)33(42-35)20-27-19-31(40-4)32(21-30(27)36)41-22-26-9-7-23(3)8-10-26/h7-21H,5-6,22H2,1-4H3/b33-20-,37-35?. The Labute approximate surface area is 260 Å². The van der Waals surface area contributed by atoms with E-state index in [0.717, 1.165) is 39.8 Å². The lowest BCUT2D eigenvalue weighted by Gasteiger charge is -2.16. The molecule has 1 fully saturated rings. The minimum atomic E-state index is -0.126. The summed E-state index contributed by atoms with van der Waals surface area (Å²) in [5.41, 5.74) is 7.12. The Hall–Kier alpha value is -3.81. The third kappa shape index (κ3) is 6.80. The molecule has 5 nitrogen and oxygen atoms in total. The third-order valence-corrected chi connectivity index (χ3v) is 8.72. The average molecular weight is 642 g/mol. The number of anilines is 1. The van der Waals surface area contributed by atoms with Gasteiger partial charge < -0.3 is 9.47 Å². The molecule has 0 unspecified atom stereocenters. The van der Waals surface area contributed by atoms with Gasteiger partial charge in [-0.2, -0.15) is 0 Å². The monoisotopic (exact) mass is 640 g/mol. The fraction of sp³-hybridized carbons (Fsp3) is 0.200. The summed E-state index contributed by atoms with van der Waals surface area (Å²) >= 11 is 5.05. The SMILES string of the molecule is CCc1ccc(N=C2S/C(=C\c3cc(OC)c(OCc4ccc(C)cc4)cc3Br)C(=O)N2c2ccc(CC)cc2)cc1. The molecule has 0 N–H and O–H groups in total. The van der Waals surface area contributed by atoms with E-state index in [2.05, 4.69) is 85.2 Å². The fourth-order valence-corrected chi connectivity index (χ4v) is 5.92. The van der Waals surface area contributed by atoms with Gasteiger partial charge in [0.15, 0.2) is 16.7 Å². The molecule has 0 radical (unpaired) electrons. The fourth-order valence-electron chi connectivity index (χ4n) is 4.49. The summed E-state index contributed by atoms with van der Waals surface area (Å²) in [6.07, 6.45) is 3.76. The van der Waals surface area contributed by atoms with E-state index in [9.17, 15) is 4.79 Å². The molecule has 0 aromatic heterocycles. The number of rotatable bonds is 9. The zero-order chi connectivity index (χ0) is 29.6. The van der Waals surface area contributed by atoms with Crippen molar-refractivity contribution in [3.05, 3.63) is 122 Å². The van der Waals surface area contributed by atoms with Crippen LogP contribution in [0.2, 0.25) is 0 Å². The van der Waals surface area contributed by atoms with Crippen molar-refractivity contribution in [2.75, 3.05) is 12.0 Å². The number of amides is 1. The molecule has 1 saturated heterocycles. The van der Waals surface area contributed by atoms with E-state index in [-0.39, 0.29) is 5.91 Å². The van der Waals surface area contributed by atoms with E-state index in [1.165, 1.54) is 28.5 Å². The zero-order valence-corrected chi connectivity index (χ0v) is 26.6. The summed E-state index contributed by atoms with van der Waals surface area (Å²) in [6, 6.07) is 28.2. The minimum absolute atomic E-state index is 0.126. The minimum Gasteiger partial charge on any atom is -0.493 e. The van der Waals surface area contributed by atoms with Gasteiger partial charge in [0.1, 0.15) is 6.61 Å². The molecule has 0 aliphatic carbocycles. The van der Waals surface area contributed by atoms with E-state index in [1.807, 2.05) is 42.5 Å². The molecular formula is C35H33BrN2O3S. The number of methoxy groups -OCH3 is 1. The quantitative estimate of drug-likeness (QED) is 0.171. The van der Waals surface area contributed by atoms with E-state index in [4.69, 9.17) is 14.5 Å². The lowest BCUT2D eigenvalue weighted by molar-refractivity contribution is -0.113. The van der Waals surface area contributed by atoms with Crippen LogP contribution in [-0.2, 0) is 24.2 Å². The first-order chi connectivity index (χ1) is 20.4. The lowest BCUT2D eigenvalue weighted by atomic mass is 10.1. The van der Waals surface area contributed by atoms with Crippen molar-refractivity contribution < 1.29 is 14.3 Å². The Morgan fingerprint density at radius 1 is 0.857 bits per heavy atom. The van der Waals surface area contributed by atoms with Gasteiger partial charge in [0, 0.05) is 4.47 Å². The molecule has 1 heterocycles. The second-order valence-corrected chi connectivity index (χ2v) is 11.8. The number of amidine groups is 1.